The number of nitrogens with one attached hydrogen (secondary N) is 2. The summed E-state index contributed by atoms with van der Waals surface area (Å²) in [7, 11) is 0. The van der Waals surface area contributed by atoms with Gasteiger partial charge in [-0.3, -0.25) is 19.7 Å². The molecule has 3 rings (SSSR count). The molecule has 0 atom stereocenters. The Morgan fingerprint density at radius 1 is 1.33 bits per heavy atom. The van der Waals surface area contributed by atoms with Crippen LogP contribution in [0.5, 0.6) is 5.88 Å². The number of rotatable bonds is 6. The number of carbonyl (C=O) groups excluding carboxylic acids is 2. The maximum Gasteiger partial charge on any atom is 0.268 e. The first-order valence-electron chi connectivity index (χ1n) is 7.99. The van der Waals surface area contributed by atoms with Crippen molar-refractivity contribution in [1.82, 2.24) is 20.2 Å². The molecule has 0 saturated heterocycles. The lowest BCUT2D eigenvalue weighted by Crippen LogP contribution is -2.19. The van der Waals surface area contributed by atoms with Crippen LogP contribution in [0.1, 0.15) is 27.8 Å². The van der Waals surface area contributed by atoms with Gasteiger partial charge in [0.25, 0.3) is 11.8 Å². The van der Waals surface area contributed by atoms with Crippen molar-refractivity contribution in [3.8, 4) is 17.1 Å². The van der Waals surface area contributed by atoms with E-state index in [1.807, 2.05) is 0 Å². The smallest absolute Gasteiger partial charge is 0.268 e. The number of nitrogens with zero attached hydrogens (tertiary/aromatic N) is 3. The molecular weight excluding hydrogens is 350 g/mol. The van der Waals surface area contributed by atoms with Crippen LogP contribution in [0.15, 0.2) is 36.8 Å². The summed E-state index contributed by atoms with van der Waals surface area (Å²) in [5.41, 5.74) is 12.5. The summed E-state index contributed by atoms with van der Waals surface area (Å²) in [6.07, 6.45) is 4.52. The lowest BCUT2D eigenvalue weighted by Gasteiger charge is -2.11. The molecule has 6 N–H and O–H groups in total. The Bertz CT molecular complexity index is 985. The number of aromatic nitrogens is 4. The van der Waals surface area contributed by atoms with E-state index in [0.717, 1.165) is 0 Å². The van der Waals surface area contributed by atoms with E-state index in [2.05, 4.69) is 25.5 Å². The monoisotopic (exact) mass is 367 g/mol. The highest BCUT2D eigenvalue weighted by atomic mass is 16.5. The van der Waals surface area contributed by atoms with Crippen molar-refractivity contribution in [2.75, 3.05) is 17.7 Å². The Kier molecular flexibility index (Phi) is 4.97. The molecule has 138 valence electrons. The number of nitrogen functional groups attached to an aromatic ring is 1. The van der Waals surface area contributed by atoms with E-state index < -0.39 is 11.8 Å². The van der Waals surface area contributed by atoms with E-state index >= 15 is 0 Å². The largest absolute Gasteiger partial charge is 0.477 e. The average molecular weight is 367 g/mol. The molecule has 0 saturated carbocycles. The molecule has 3 aromatic rings. The van der Waals surface area contributed by atoms with Crippen LogP contribution in [-0.4, -0.2) is 38.6 Å². The third-order valence-corrected chi connectivity index (χ3v) is 3.58. The van der Waals surface area contributed by atoms with Crippen molar-refractivity contribution >= 4 is 23.2 Å². The highest BCUT2D eigenvalue weighted by Crippen LogP contribution is 2.29. The molecule has 3 aromatic heterocycles. The summed E-state index contributed by atoms with van der Waals surface area (Å²) in [6.45, 7) is 2.08. The molecular formula is C17H17N7O3. The third-order valence-electron chi connectivity index (χ3n) is 3.58. The Morgan fingerprint density at radius 2 is 2.15 bits per heavy atom. The lowest BCUT2D eigenvalue weighted by atomic mass is 10.1. The minimum Gasteiger partial charge on any atom is -0.477 e. The highest BCUT2D eigenvalue weighted by Gasteiger charge is 2.23. The van der Waals surface area contributed by atoms with Crippen LogP contribution in [0, 0.1) is 0 Å². The van der Waals surface area contributed by atoms with Crippen LogP contribution in [0.25, 0.3) is 11.3 Å². The van der Waals surface area contributed by atoms with Crippen molar-refractivity contribution in [3.63, 3.8) is 0 Å². The fourth-order valence-electron chi connectivity index (χ4n) is 2.42. The normalized spacial score (nSPS) is 10.4. The van der Waals surface area contributed by atoms with E-state index in [0.29, 0.717) is 23.6 Å². The van der Waals surface area contributed by atoms with Crippen molar-refractivity contribution in [1.29, 1.82) is 0 Å². The Labute approximate surface area is 154 Å². The number of amides is 2. The number of hydrogen-bond donors (Lipinski definition) is 4. The Morgan fingerprint density at radius 3 is 2.81 bits per heavy atom. The maximum absolute atomic E-state index is 12.8. The predicted octanol–water partition coefficient (Wildman–Crippen LogP) is 1.20. The molecule has 0 bridgehead atoms. The molecule has 0 spiro atoms. The summed E-state index contributed by atoms with van der Waals surface area (Å²) in [6, 6.07) is 4.87. The molecule has 10 heteroatoms. The number of aromatic amines is 1. The van der Waals surface area contributed by atoms with Crippen LogP contribution >= 0.6 is 0 Å². The van der Waals surface area contributed by atoms with Gasteiger partial charge in [0.05, 0.1) is 18.5 Å². The lowest BCUT2D eigenvalue weighted by molar-refractivity contribution is 0.0996. The summed E-state index contributed by atoms with van der Waals surface area (Å²) < 4.78 is 5.37. The number of ether oxygens (including phenoxy) is 1. The molecule has 3 heterocycles. The number of carbonyl (C=O) groups is 2. The molecule has 0 radical (unpaired) electrons. The van der Waals surface area contributed by atoms with Crippen molar-refractivity contribution < 1.29 is 14.3 Å². The van der Waals surface area contributed by atoms with E-state index in [-0.39, 0.29) is 22.8 Å². The first-order chi connectivity index (χ1) is 13.0. The standard InChI is InChI=1S/C17H17N7O3/c1-2-27-17-11(6-10(18)8-21-17)16(26)22-13-12(9-4-3-5-20-7-9)23-24-14(13)15(19)25/h3-8H,2,18H2,1H3,(H2,19,25)(H,22,26)(H,23,24). The zero-order valence-electron chi connectivity index (χ0n) is 14.4. The molecule has 0 aliphatic rings. The van der Waals surface area contributed by atoms with Gasteiger partial charge in [0.15, 0.2) is 0 Å². The van der Waals surface area contributed by atoms with Gasteiger partial charge in [0, 0.05) is 18.0 Å². The molecule has 2 amide bonds. The Balaban J connectivity index is 2.03. The van der Waals surface area contributed by atoms with Crippen molar-refractivity contribution in [2.45, 2.75) is 6.92 Å². The third kappa shape index (κ3) is 3.68. The summed E-state index contributed by atoms with van der Waals surface area (Å²) in [5, 5.41) is 9.26. The molecule has 0 aliphatic carbocycles. The topological polar surface area (TPSA) is 162 Å². The van der Waals surface area contributed by atoms with Gasteiger partial charge in [-0.1, -0.05) is 0 Å². The highest BCUT2D eigenvalue weighted by molar-refractivity contribution is 6.11. The van der Waals surface area contributed by atoms with Crippen LogP contribution in [0.3, 0.4) is 0 Å². The Hall–Kier alpha value is -3.95. The SMILES string of the molecule is CCOc1ncc(N)cc1C(=O)Nc1c(-c2cccnc2)n[nH]c1C(N)=O. The molecule has 0 fully saturated rings. The van der Waals surface area contributed by atoms with E-state index in [1.165, 1.54) is 12.3 Å². The molecule has 10 nitrogen and oxygen atoms in total. The quantitative estimate of drug-likeness (QED) is 0.508. The van der Waals surface area contributed by atoms with Gasteiger partial charge in [0.1, 0.15) is 22.6 Å². The number of pyridine rings is 2. The first-order valence-corrected chi connectivity index (χ1v) is 7.99. The van der Waals surface area contributed by atoms with E-state index in [9.17, 15) is 9.59 Å². The average Bonchev–Trinajstić information content (AvgIpc) is 3.07. The minimum atomic E-state index is -0.774. The number of H-pyrrole nitrogens is 1. The van der Waals surface area contributed by atoms with Crippen LogP contribution in [0.4, 0.5) is 11.4 Å². The van der Waals surface area contributed by atoms with Crippen LogP contribution in [0.2, 0.25) is 0 Å². The first kappa shape index (κ1) is 17.9. The molecule has 0 unspecified atom stereocenters. The maximum atomic E-state index is 12.8. The van der Waals surface area contributed by atoms with Crippen LogP contribution < -0.4 is 21.5 Å². The second kappa shape index (κ2) is 7.52. The second-order valence-corrected chi connectivity index (χ2v) is 5.44. The fourth-order valence-corrected chi connectivity index (χ4v) is 2.42. The minimum absolute atomic E-state index is 0.0444. The zero-order valence-corrected chi connectivity index (χ0v) is 14.4. The van der Waals surface area contributed by atoms with Gasteiger partial charge >= 0.3 is 0 Å². The number of anilines is 2. The van der Waals surface area contributed by atoms with Crippen LogP contribution in [-0.2, 0) is 0 Å². The van der Waals surface area contributed by atoms with Gasteiger partial charge < -0.3 is 21.5 Å². The molecule has 0 aliphatic heterocycles. The van der Waals surface area contributed by atoms with E-state index in [4.69, 9.17) is 16.2 Å². The summed E-state index contributed by atoms with van der Waals surface area (Å²) >= 11 is 0. The molecule has 27 heavy (non-hydrogen) atoms. The molecule has 0 aromatic carbocycles. The number of hydrogen-bond acceptors (Lipinski definition) is 7. The van der Waals surface area contributed by atoms with Crippen molar-refractivity contribution in [2.24, 2.45) is 5.73 Å². The van der Waals surface area contributed by atoms with Gasteiger partial charge in [-0.2, -0.15) is 5.10 Å². The second-order valence-electron chi connectivity index (χ2n) is 5.44. The summed E-state index contributed by atoms with van der Waals surface area (Å²) in [5.74, 6) is -1.23. The van der Waals surface area contributed by atoms with E-state index in [1.54, 1.807) is 31.5 Å². The fraction of sp³-hybridized carbons (Fsp3) is 0.118. The zero-order chi connectivity index (χ0) is 19.4. The summed E-state index contributed by atoms with van der Waals surface area (Å²) in [4.78, 5) is 32.6. The van der Waals surface area contributed by atoms with Gasteiger partial charge in [0.2, 0.25) is 5.88 Å². The van der Waals surface area contributed by atoms with Gasteiger partial charge in [-0.05, 0) is 25.1 Å². The van der Waals surface area contributed by atoms with Gasteiger partial charge in [-0.15, -0.1) is 0 Å². The van der Waals surface area contributed by atoms with Crippen molar-refractivity contribution in [3.05, 3.63) is 48.0 Å². The number of primary amides is 1. The predicted molar refractivity (Wildman–Crippen MR) is 98.1 cm³/mol. The van der Waals surface area contributed by atoms with Gasteiger partial charge in [-0.25, -0.2) is 4.98 Å². The number of nitrogens with two attached hydrogens (primary N) is 2.